The van der Waals surface area contributed by atoms with Crippen LogP contribution >= 0.6 is 11.6 Å². The molecule has 118 valence electrons. The summed E-state index contributed by atoms with van der Waals surface area (Å²) in [6, 6.07) is 5.49. The fraction of sp³-hybridized carbons (Fsp3) is 0.600. The van der Waals surface area contributed by atoms with E-state index >= 15 is 0 Å². The van der Waals surface area contributed by atoms with E-state index in [1.165, 1.54) is 0 Å². The van der Waals surface area contributed by atoms with Gasteiger partial charge in [-0.15, -0.1) is 0 Å². The minimum absolute atomic E-state index is 0.107. The van der Waals surface area contributed by atoms with Gasteiger partial charge in [-0.25, -0.2) is 0 Å². The molecule has 0 spiro atoms. The molecule has 0 aliphatic carbocycles. The third-order valence-corrected chi connectivity index (χ3v) is 4.44. The van der Waals surface area contributed by atoms with Crippen molar-refractivity contribution >= 4 is 11.6 Å². The Morgan fingerprint density at radius 2 is 2.05 bits per heavy atom. The Hall–Kier alpha value is -0.850. The van der Waals surface area contributed by atoms with Gasteiger partial charge in [-0.05, 0) is 32.0 Å². The molecule has 0 bridgehead atoms. The lowest BCUT2D eigenvalue weighted by molar-refractivity contribution is -0.0241. The normalized spacial score (nSPS) is 18.5. The van der Waals surface area contributed by atoms with Crippen molar-refractivity contribution in [2.24, 2.45) is 5.84 Å². The number of rotatable bonds is 5. The van der Waals surface area contributed by atoms with E-state index in [1.807, 2.05) is 18.2 Å². The number of nitrogens with two attached hydrogens (primary N) is 1. The van der Waals surface area contributed by atoms with Gasteiger partial charge in [-0.2, -0.15) is 0 Å². The van der Waals surface area contributed by atoms with E-state index in [0.29, 0.717) is 5.02 Å². The zero-order valence-electron chi connectivity index (χ0n) is 12.9. The fourth-order valence-electron chi connectivity index (χ4n) is 2.93. The molecule has 1 unspecified atom stereocenters. The summed E-state index contributed by atoms with van der Waals surface area (Å²) in [6.45, 7) is 7.59. The molecule has 1 aliphatic rings. The van der Waals surface area contributed by atoms with Gasteiger partial charge in [0.2, 0.25) is 0 Å². The van der Waals surface area contributed by atoms with Crippen molar-refractivity contribution in [3.8, 4) is 5.75 Å². The lowest BCUT2D eigenvalue weighted by Gasteiger charge is -2.45. The van der Waals surface area contributed by atoms with Crippen LogP contribution in [0.3, 0.4) is 0 Å². The number of halogens is 1. The number of nitrogens with one attached hydrogen (secondary N) is 1. The highest BCUT2D eigenvalue weighted by atomic mass is 35.5. The second-order valence-corrected chi connectivity index (χ2v) is 6.18. The van der Waals surface area contributed by atoms with Gasteiger partial charge < -0.3 is 9.47 Å². The average molecular weight is 314 g/mol. The van der Waals surface area contributed by atoms with E-state index in [0.717, 1.165) is 37.6 Å². The predicted octanol–water partition coefficient (Wildman–Crippen LogP) is 1.96. The van der Waals surface area contributed by atoms with Gasteiger partial charge in [0.15, 0.2) is 0 Å². The molecule has 0 aromatic heterocycles. The summed E-state index contributed by atoms with van der Waals surface area (Å²) in [5.41, 5.74) is 3.70. The van der Waals surface area contributed by atoms with Crippen molar-refractivity contribution in [2.45, 2.75) is 25.4 Å². The monoisotopic (exact) mass is 313 g/mol. The lowest BCUT2D eigenvalue weighted by atomic mass is 9.86. The van der Waals surface area contributed by atoms with Crippen LogP contribution < -0.4 is 16.0 Å². The molecule has 1 aromatic rings. The summed E-state index contributed by atoms with van der Waals surface area (Å²) in [7, 11) is 1.65. The third kappa shape index (κ3) is 3.49. The topological polar surface area (TPSA) is 59.8 Å². The van der Waals surface area contributed by atoms with Crippen LogP contribution in [-0.2, 0) is 4.74 Å². The van der Waals surface area contributed by atoms with Gasteiger partial charge in [0.25, 0.3) is 0 Å². The summed E-state index contributed by atoms with van der Waals surface area (Å²) in [4.78, 5) is 2.38. The van der Waals surface area contributed by atoms with Crippen LogP contribution in [0.1, 0.15) is 25.5 Å². The standard InChI is InChI=1S/C15H24ClN3O2/c1-15(2,19-6-8-21-9-7-19)14(18-17)12-10-11(16)4-5-13(12)20-3/h4-5,10,14,18H,6-9,17H2,1-3H3. The SMILES string of the molecule is COc1ccc(Cl)cc1C(NN)C(C)(C)N1CCOCC1. The Morgan fingerprint density at radius 3 is 2.62 bits per heavy atom. The zero-order valence-corrected chi connectivity index (χ0v) is 13.6. The molecule has 1 saturated heterocycles. The van der Waals surface area contributed by atoms with Gasteiger partial charge in [-0.3, -0.25) is 16.2 Å². The molecule has 0 radical (unpaired) electrons. The van der Waals surface area contributed by atoms with Crippen molar-refractivity contribution in [1.82, 2.24) is 10.3 Å². The number of morpholine rings is 1. The van der Waals surface area contributed by atoms with E-state index in [4.69, 9.17) is 26.9 Å². The van der Waals surface area contributed by atoms with E-state index in [9.17, 15) is 0 Å². The molecule has 1 aromatic carbocycles. The molecular weight excluding hydrogens is 290 g/mol. The van der Waals surface area contributed by atoms with Gasteiger partial charge in [0, 0.05) is 29.2 Å². The first kappa shape index (κ1) is 16.5. The van der Waals surface area contributed by atoms with E-state index < -0.39 is 0 Å². The van der Waals surface area contributed by atoms with Crippen LogP contribution in [0.25, 0.3) is 0 Å². The molecule has 3 N–H and O–H groups in total. The second-order valence-electron chi connectivity index (χ2n) is 5.74. The van der Waals surface area contributed by atoms with Crippen molar-refractivity contribution in [2.75, 3.05) is 33.4 Å². The smallest absolute Gasteiger partial charge is 0.123 e. The van der Waals surface area contributed by atoms with Gasteiger partial charge in [0.05, 0.1) is 26.4 Å². The Kier molecular flexibility index (Phi) is 5.46. The molecule has 1 fully saturated rings. The Morgan fingerprint density at radius 1 is 1.38 bits per heavy atom. The third-order valence-electron chi connectivity index (χ3n) is 4.20. The molecule has 1 atom stereocenters. The molecule has 5 nitrogen and oxygen atoms in total. The molecule has 1 heterocycles. The van der Waals surface area contributed by atoms with Crippen LogP contribution in [0.4, 0.5) is 0 Å². The molecule has 21 heavy (non-hydrogen) atoms. The van der Waals surface area contributed by atoms with Crippen molar-refractivity contribution in [3.05, 3.63) is 28.8 Å². The van der Waals surface area contributed by atoms with E-state index in [1.54, 1.807) is 7.11 Å². The maximum absolute atomic E-state index is 6.15. The Bertz CT molecular complexity index is 476. The molecule has 1 aliphatic heterocycles. The van der Waals surface area contributed by atoms with E-state index in [-0.39, 0.29) is 11.6 Å². The van der Waals surface area contributed by atoms with E-state index in [2.05, 4.69) is 24.2 Å². The van der Waals surface area contributed by atoms with Crippen molar-refractivity contribution < 1.29 is 9.47 Å². The number of nitrogens with zero attached hydrogens (tertiary/aromatic N) is 1. The molecular formula is C15H24ClN3O2. The van der Waals surface area contributed by atoms with Gasteiger partial charge >= 0.3 is 0 Å². The first-order valence-electron chi connectivity index (χ1n) is 7.13. The summed E-state index contributed by atoms with van der Waals surface area (Å²) in [6.07, 6.45) is 0. The minimum Gasteiger partial charge on any atom is -0.496 e. The maximum Gasteiger partial charge on any atom is 0.123 e. The second kappa shape index (κ2) is 6.94. The summed E-state index contributed by atoms with van der Waals surface area (Å²) >= 11 is 6.15. The maximum atomic E-state index is 6.15. The number of benzene rings is 1. The molecule has 0 amide bonds. The highest BCUT2D eigenvalue weighted by Crippen LogP contribution is 2.37. The number of hydrogen-bond acceptors (Lipinski definition) is 5. The Labute approximate surface area is 131 Å². The van der Waals surface area contributed by atoms with Crippen LogP contribution in [0.15, 0.2) is 18.2 Å². The first-order chi connectivity index (χ1) is 10.0. The van der Waals surface area contributed by atoms with Crippen LogP contribution in [0.2, 0.25) is 5.02 Å². The number of hydrazine groups is 1. The predicted molar refractivity (Wildman–Crippen MR) is 84.5 cm³/mol. The number of ether oxygens (including phenoxy) is 2. The molecule has 6 heteroatoms. The summed E-state index contributed by atoms with van der Waals surface area (Å²) in [5.74, 6) is 6.65. The van der Waals surface area contributed by atoms with Crippen LogP contribution in [-0.4, -0.2) is 43.9 Å². The fourth-order valence-corrected chi connectivity index (χ4v) is 3.11. The summed E-state index contributed by atoms with van der Waals surface area (Å²) < 4.78 is 10.9. The van der Waals surface area contributed by atoms with Gasteiger partial charge in [-0.1, -0.05) is 11.6 Å². The first-order valence-corrected chi connectivity index (χ1v) is 7.51. The molecule has 0 saturated carbocycles. The summed E-state index contributed by atoms with van der Waals surface area (Å²) in [5, 5.41) is 0.670. The number of methoxy groups -OCH3 is 1. The van der Waals surface area contributed by atoms with Crippen molar-refractivity contribution in [1.29, 1.82) is 0 Å². The van der Waals surface area contributed by atoms with Crippen molar-refractivity contribution in [3.63, 3.8) is 0 Å². The van der Waals surface area contributed by atoms with Crippen LogP contribution in [0, 0.1) is 0 Å². The lowest BCUT2D eigenvalue weighted by Crippen LogP contribution is -2.57. The van der Waals surface area contributed by atoms with Crippen LogP contribution in [0.5, 0.6) is 5.75 Å². The highest BCUT2D eigenvalue weighted by Gasteiger charge is 2.38. The highest BCUT2D eigenvalue weighted by molar-refractivity contribution is 6.30. The minimum atomic E-state index is -0.198. The largest absolute Gasteiger partial charge is 0.496 e. The Balaban J connectivity index is 2.35. The average Bonchev–Trinajstić information content (AvgIpc) is 2.49. The quantitative estimate of drug-likeness (QED) is 0.643. The zero-order chi connectivity index (χ0) is 15.5. The van der Waals surface area contributed by atoms with Gasteiger partial charge in [0.1, 0.15) is 5.75 Å². The molecule has 2 rings (SSSR count). The number of hydrogen-bond donors (Lipinski definition) is 2.